The lowest BCUT2D eigenvalue weighted by atomic mass is 10.0. The van der Waals surface area contributed by atoms with E-state index in [0.29, 0.717) is 36.5 Å². The van der Waals surface area contributed by atoms with Crippen LogP contribution in [0.5, 0.6) is 0 Å². The summed E-state index contributed by atoms with van der Waals surface area (Å²) in [5, 5.41) is 9.37. The minimum atomic E-state index is -1.10. The molecule has 2 aromatic heterocycles. The number of aromatic carboxylic acids is 1. The van der Waals surface area contributed by atoms with Gasteiger partial charge in [0.2, 0.25) is 0 Å². The van der Waals surface area contributed by atoms with Crippen molar-refractivity contribution in [2.75, 3.05) is 7.11 Å². The Balaban J connectivity index is 2.22. The summed E-state index contributed by atoms with van der Waals surface area (Å²) in [7, 11) is 1.33. The molecular weight excluding hydrogens is 286 g/mol. The van der Waals surface area contributed by atoms with E-state index in [4.69, 9.17) is 4.74 Å². The first-order chi connectivity index (χ1) is 10.6. The second kappa shape index (κ2) is 5.59. The highest BCUT2D eigenvalue weighted by molar-refractivity contribution is 5.88. The van der Waals surface area contributed by atoms with E-state index in [9.17, 15) is 14.7 Å². The summed E-state index contributed by atoms with van der Waals surface area (Å²) in [5.41, 5.74) is 1.07. The number of ether oxygens (including phenoxy) is 1. The van der Waals surface area contributed by atoms with Gasteiger partial charge in [-0.25, -0.2) is 14.6 Å². The number of imidazole rings is 1. The minimum Gasteiger partial charge on any atom is -0.476 e. The number of esters is 1. The highest BCUT2D eigenvalue weighted by atomic mass is 16.5. The van der Waals surface area contributed by atoms with Crippen LogP contribution in [0.3, 0.4) is 0 Å². The molecular formula is C15H15N3O4. The quantitative estimate of drug-likeness (QED) is 0.867. The zero-order chi connectivity index (χ0) is 15.7. The number of nitrogens with zero attached hydrogens (tertiary/aromatic N) is 3. The number of carboxylic acids is 1. The Bertz CT molecular complexity index is 724. The normalized spacial score (nSPS) is 16.9. The summed E-state index contributed by atoms with van der Waals surface area (Å²) in [4.78, 5) is 31.9. The van der Waals surface area contributed by atoms with Crippen LogP contribution < -0.4 is 0 Å². The molecule has 114 valence electrons. The van der Waals surface area contributed by atoms with E-state index in [1.807, 2.05) is 0 Å². The summed E-state index contributed by atoms with van der Waals surface area (Å²) >= 11 is 0. The number of hydrogen-bond donors (Lipinski definition) is 1. The second-order valence-corrected chi connectivity index (χ2v) is 5.05. The molecule has 0 radical (unpaired) electrons. The summed E-state index contributed by atoms with van der Waals surface area (Å²) < 4.78 is 6.52. The summed E-state index contributed by atoms with van der Waals surface area (Å²) in [6.07, 6.45) is 3.48. The van der Waals surface area contributed by atoms with Crippen molar-refractivity contribution in [2.24, 2.45) is 0 Å². The molecule has 2 aromatic rings. The number of fused-ring (bicyclic) bond motifs is 1. The first kappa shape index (κ1) is 14.2. The number of pyridine rings is 1. The average molecular weight is 301 g/mol. The molecule has 1 N–H and O–H groups in total. The smallest absolute Gasteiger partial charge is 0.356 e. The number of carbonyl (C=O) groups is 2. The zero-order valence-electron chi connectivity index (χ0n) is 12.0. The third kappa shape index (κ3) is 2.24. The molecule has 0 fully saturated rings. The molecule has 0 aliphatic carbocycles. The van der Waals surface area contributed by atoms with Gasteiger partial charge in [-0.05, 0) is 31.4 Å². The predicted molar refractivity (Wildman–Crippen MR) is 76.4 cm³/mol. The van der Waals surface area contributed by atoms with E-state index in [1.165, 1.54) is 7.11 Å². The van der Waals surface area contributed by atoms with Gasteiger partial charge in [0, 0.05) is 6.20 Å². The Morgan fingerprint density at radius 3 is 2.86 bits per heavy atom. The lowest BCUT2D eigenvalue weighted by Gasteiger charge is -2.25. The Hall–Kier alpha value is -2.70. The number of carboxylic acid groups (broad SMARTS) is 1. The van der Waals surface area contributed by atoms with Gasteiger partial charge in [-0.1, -0.05) is 6.07 Å². The van der Waals surface area contributed by atoms with Crippen LogP contribution in [0.25, 0.3) is 11.5 Å². The van der Waals surface area contributed by atoms with Crippen molar-refractivity contribution in [1.82, 2.24) is 14.5 Å². The molecule has 7 heteroatoms. The van der Waals surface area contributed by atoms with Crippen LogP contribution in [-0.4, -0.2) is 38.7 Å². The molecule has 3 heterocycles. The topological polar surface area (TPSA) is 94.3 Å². The maximum Gasteiger partial charge on any atom is 0.356 e. The van der Waals surface area contributed by atoms with Crippen molar-refractivity contribution in [2.45, 2.75) is 25.3 Å². The van der Waals surface area contributed by atoms with Crippen molar-refractivity contribution in [3.8, 4) is 11.5 Å². The Kier molecular flexibility index (Phi) is 3.62. The maximum atomic E-state index is 12.1. The Morgan fingerprint density at radius 2 is 2.23 bits per heavy atom. The van der Waals surface area contributed by atoms with Gasteiger partial charge in [-0.15, -0.1) is 0 Å². The van der Waals surface area contributed by atoms with Gasteiger partial charge in [0.25, 0.3) is 0 Å². The number of hydrogen-bond acceptors (Lipinski definition) is 5. The van der Waals surface area contributed by atoms with Gasteiger partial charge in [-0.3, -0.25) is 4.98 Å². The van der Waals surface area contributed by atoms with E-state index in [2.05, 4.69) is 9.97 Å². The molecule has 0 spiro atoms. The van der Waals surface area contributed by atoms with Crippen molar-refractivity contribution in [1.29, 1.82) is 0 Å². The van der Waals surface area contributed by atoms with Gasteiger partial charge in [0.05, 0.1) is 12.8 Å². The zero-order valence-corrected chi connectivity index (χ0v) is 12.0. The van der Waals surface area contributed by atoms with Crippen LogP contribution in [0, 0.1) is 0 Å². The standard InChI is InChI=1S/C15H15N3O4/c1-22-15(21)11-7-4-6-10-12(14(19)20)17-13(18(10)11)9-5-2-3-8-16-9/h2-3,5,8,11H,4,6-7H2,1H3,(H,19,20). The molecule has 0 amide bonds. The Labute approximate surface area is 126 Å². The fourth-order valence-electron chi connectivity index (χ4n) is 2.84. The first-order valence-electron chi connectivity index (χ1n) is 6.97. The van der Waals surface area contributed by atoms with Gasteiger partial charge in [-0.2, -0.15) is 0 Å². The first-order valence-corrected chi connectivity index (χ1v) is 6.97. The van der Waals surface area contributed by atoms with Gasteiger partial charge in [0.1, 0.15) is 11.7 Å². The number of methoxy groups -OCH3 is 1. The summed E-state index contributed by atoms with van der Waals surface area (Å²) in [6, 6.07) is 4.73. The molecule has 3 rings (SSSR count). The summed E-state index contributed by atoms with van der Waals surface area (Å²) in [5.74, 6) is -1.10. The van der Waals surface area contributed by atoms with Crippen LogP contribution in [0.4, 0.5) is 0 Å². The fraction of sp³-hybridized carbons (Fsp3) is 0.333. The van der Waals surface area contributed by atoms with E-state index >= 15 is 0 Å². The molecule has 0 saturated carbocycles. The maximum absolute atomic E-state index is 12.1. The third-order valence-corrected chi connectivity index (χ3v) is 3.78. The van der Waals surface area contributed by atoms with Crippen LogP contribution in [-0.2, 0) is 16.0 Å². The number of carbonyl (C=O) groups excluding carboxylic acids is 1. The molecule has 1 unspecified atom stereocenters. The highest BCUT2D eigenvalue weighted by Gasteiger charge is 2.34. The van der Waals surface area contributed by atoms with Crippen molar-refractivity contribution < 1.29 is 19.4 Å². The average Bonchev–Trinajstić information content (AvgIpc) is 2.95. The predicted octanol–water partition coefficient (Wildman–Crippen LogP) is 1.69. The SMILES string of the molecule is COC(=O)C1CCCc2c(C(=O)O)nc(-c3ccccn3)n21. The highest BCUT2D eigenvalue weighted by Crippen LogP contribution is 2.33. The van der Waals surface area contributed by atoms with Crippen LogP contribution in [0.1, 0.15) is 35.1 Å². The second-order valence-electron chi connectivity index (χ2n) is 5.05. The fourth-order valence-corrected chi connectivity index (χ4v) is 2.84. The van der Waals surface area contributed by atoms with Gasteiger partial charge < -0.3 is 14.4 Å². The lowest BCUT2D eigenvalue weighted by Crippen LogP contribution is -2.27. The molecule has 0 saturated heterocycles. The van der Waals surface area contributed by atoms with E-state index in [1.54, 1.807) is 29.0 Å². The minimum absolute atomic E-state index is 0.0192. The molecule has 1 atom stereocenters. The van der Waals surface area contributed by atoms with Gasteiger partial charge in [0.15, 0.2) is 11.5 Å². The summed E-state index contributed by atoms with van der Waals surface area (Å²) in [6.45, 7) is 0. The van der Waals surface area contributed by atoms with Gasteiger partial charge >= 0.3 is 11.9 Å². The number of aromatic nitrogens is 3. The van der Waals surface area contributed by atoms with Crippen molar-refractivity contribution >= 4 is 11.9 Å². The Morgan fingerprint density at radius 1 is 1.41 bits per heavy atom. The molecule has 22 heavy (non-hydrogen) atoms. The third-order valence-electron chi connectivity index (χ3n) is 3.78. The van der Waals surface area contributed by atoms with Crippen LogP contribution in [0.15, 0.2) is 24.4 Å². The molecule has 7 nitrogen and oxygen atoms in total. The van der Waals surface area contributed by atoms with Crippen molar-refractivity contribution in [3.05, 3.63) is 35.8 Å². The molecule has 1 aliphatic rings. The number of rotatable bonds is 3. The van der Waals surface area contributed by atoms with Crippen LogP contribution in [0.2, 0.25) is 0 Å². The van der Waals surface area contributed by atoms with E-state index in [0.717, 1.165) is 0 Å². The molecule has 1 aliphatic heterocycles. The molecule has 0 aromatic carbocycles. The lowest BCUT2D eigenvalue weighted by molar-refractivity contribution is -0.145. The molecule has 0 bridgehead atoms. The van der Waals surface area contributed by atoms with E-state index in [-0.39, 0.29) is 5.69 Å². The van der Waals surface area contributed by atoms with Crippen molar-refractivity contribution in [3.63, 3.8) is 0 Å². The monoisotopic (exact) mass is 301 g/mol. The van der Waals surface area contributed by atoms with E-state index < -0.39 is 18.0 Å². The largest absolute Gasteiger partial charge is 0.476 e. The van der Waals surface area contributed by atoms with Crippen LogP contribution >= 0.6 is 0 Å².